The lowest BCUT2D eigenvalue weighted by atomic mass is 10.0. The van der Waals surface area contributed by atoms with E-state index in [4.69, 9.17) is 0 Å². The predicted molar refractivity (Wildman–Crippen MR) is 98.1 cm³/mol. The van der Waals surface area contributed by atoms with Gasteiger partial charge in [-0.1, -0.05) is 67.9 Å². The first-order valence-corrected chi connectivity index (χ1v) is 8.24. The van der Waals surface area contributed by atoms with Crippen molar-refractivity contribution in [2.75, 3.05) is 0 Å². The molecule has 4 rings (SSSR count). The standard InChI is InChI=1S/C21H19NO/c1-2-3-14-22-20-16-9-5-4-8-15(16)12-13-18(20)17-10-6-7-11-19(17)21(22)23/h4-13H,2-3,14H2,1H3. The average Bonchev–Trinajstić information content (AvgIpc) is 2.61. The molecule has 3 aromatic carbocycles. The summed E-state index contributed by atoms with van der Waals surface area (Å²) in [6.07, 6.45) is 2.09. The summed E-state index contributed by atoms with van der Waals surface area (Å²) in [5.41, 5.74) is 1.19. The van der Waals surface area contributed by atoms with Gasteiger partial charge in [0.1, 0.15) is 0 Å². The molecule has 0 amide bonds. The number of hydrogen-bond acceptors (Lipinski definition) is 1. The van der Waals surface area contributed by atoms with E-state index >= 15 is 0 Å². The monoisotopic (exact) mass is 301 g/mol. The highest BCUT2D eigenvalue weighted by molar-refractivity contribution is 6.15. The molecule has 0 unspecified atom stereocenters. The number of aryl methyl sites for hydroxylation is 1. The summed E-state index contributed by atoms with van der Waals surface area (Å²) in [5, 5.41) is 5.36. The second-order valence-corrected chi connectivity index (χ2v) is 6.04. The molecule has 114 valence electrons. The Hall–Kier alpha value is -2.61. The van der Waals surface area contributed by atoms with Crippen molar-refractivity contribution in [3.63, 3.8) is 0 Å². The van der Waals surface area contributed by atoms with Gasteiger partial charge in [0, 0.05) is 22.7 Å². The van der Waals surface area contributed by atoms with E-state index in [1.54, 1.807) is 0 Å². The lowest BCUT2D eigenvalue weighted by molar-refractivity contribution is 0.636. The van der Waals surface area contributed by atoms with Crippen molar-refractivity contribution in [2.24, 2.45) is 0 Å². The summed E-state index contributed by atoms with van der Waals surface area (Å²) >= 11 is 0. The van der Waals surface area contributed by atoms with E-state index in [0.29, 0.717) is 0 Å². The second kappa shape index (κ2) is 5.54. The van der Waals surface area contributed by atoms with Crippen molar-refractivity contribution in [1.82, 2.24) is 4.57 Å². The molecule has 0 atom stereocenters. The third kappa shape index (κ3) is 2.14. The van der Waals surface area contributed by atoms with Crippen molar-refractivity contribution in [3.05, 3.63) is 71.0 Å². The molecule has 23 heavy (non-hydrogen) atoms. The fraction of sp³-hybridized carbons (Fsp3) is 0.190. The summed E-state index contributed by atoms with van der Waals surface area (Å²) < 4.78 is 1.98. The topological polar surface area (TPSA) is 22.0 Å². The highest BCUT2D eigenvalue weighted by Gasteiger charge is 2.12. The van der Waals surface area contributed by atoms with Crippen LogP contribution in [0.2, 0.25) is 0 Å². The smallest absolute Gasteiger partial charge is 0.258 e. The molecule has 0 radical (unpaired) electrons. The average molecular weight is 301 g/mol. The Labute approximate surface area is 135 Å². The van der Waals surface area contributed by atoms with E-state index in [9.17, 15) is 4.79 Å². The third-order valence-corrected chi connectivity index (χ3v) is 4.60. The molecule has 0 fully saturated rings. The molecule has 0 aliphatic carbocycles. The second-order valence-electron chi connectivity index (χ2n) is 6.04. The molecular weight excluding hydrogens is 282 g/mol. The van der Waals surface area contributed by atoms with Crippen LogP contribution in [0.1, 0.15) is 19.8 Å². The van der Waals surface area contributed by atoms with Crippen LogP contribution in [0.25, 0.3) is 32.4 Å². The van der Waals surface area contributed by atoms with Gasteiger partial charge in [-0.3, -0.25) is 4.79 Å². The fourth-order valence-electron chi connectivity index (χ4n) is 3.44. The summed E-state index contributed by atoms with van der Waals surface area (Å²) in [7, 11) is 0. The molecular formula is C21H19NO. The van der Waals surface area contributed by atoms with E-state index in [1.807, 2.05) is 34.9 Å². The number of nitrogens with zero attached hydrogens (tertiary/aromatic N) is 1. The zero-order chi connectivity index (χ0) is 15.8. The molecule has 0 saturated heterocycles. The summed E-state index contributed by atoms with van der Waals surface area (Å²) in [5.74, 6) is 0. The first kappa shape index (κ1) is 14.0. The minimum Gasteiger partial charge on any atom is -0.307 e. The first-order chi connectivity index (χ1) is 11.3. The van der Waals surface area contributed by atoms with Crippen LogP contribution in [0.5, 0.6) is 0 Å². The van der Waals surface area contributed by atoms with E-state index in [-0.39, 0.29) is 5.56 Å². The maximum atomic E-state index is 13.1. The Morgan fingerprint density at radius 1 is 0.783 bits per heavy atom. The first-order valence-electron chi connectivity index (χ1n) is 8.24. The number of aromatic nitrogens is 1. The highest BCUT2D eigenvalue weighted by Crippen LogP contribution is 2.29. The van der Waals surface area contributed by atoms with Crippen LogP contribution >= 0.6 is 0 Å². The van der Waals surface area contributed by atoms with E-state index in [0.717, 1.165) is 46.4 Å². The van der Waals surface area contributed by atoms with Crippen molar-refractivity contribution in [1.29, 1.82) is 0 Å². The summed E-state index contributed by atoms with van der Waals surface area (Å²) in [6, 6.07) is 20.6. The summed E-state index contributed by atoms with van der Waals surface area (Å²) in [6.45, 7) is 2.93. The molecule has 0 spiro atoms. The zero-order valence-corrected chi connectivity index (χ0v) is 13.3. The largest absolute Gasteiger partial charge is 0.307 e. The van der Waals surface area contributed by atoms with Crippen molar-refractivity contribution in [3.8, 4) is 0 Å². The van der Waals surface area contributed by atoms with Gasteiger partial charge in [0.2, 0.25) is 0 Å². The normalized spacial score (nSPS) is 11.5. The maximum Gasteiger partial charge on any atom is 0.258 e. The van der Waals surface area contributed by atoms with E-state index in [1.165, 1.54) is 5.39 Å². The number of fused-ring (bicyclic) bond motifs is 5. The molecule has 0 aliphatic heterocycles. The highest BCUT2D eigenvalue weighted by atomic mass is 16.1. The molecule has 0 aliphatic rings. The molecule has 1 aromatic heterocycles. The Morgan fingerprint density at radius 2 is 1.48 bits per heavy atom. The van der Waals surface area contributed by atoms with Crippen LogP contribution in [0, 0.1) is 0 Å². The number of pyridine rings is 1. The van der Waals surface area contributed by atoms with E-state index < -0.39 is 0 Å². The van der Waals surface area contributed by atoms with Gasteiger partial charge in [0.05, 0.1) is 5.52 Å². The molecule has 1 heterocycles. The number of unbranched alkanes of at least 4 members (excludes halogenated alkanes) is 1. The predicted octanol–water partition coefficient (Wildman–Crippen LogP) is 5.11. The minimum absolute atomic E-state index is 0.123. The third-order valence-electron chi connectivity index (χ3n) is 4.60. The van der Waals surface area contributed by atoms with E-state index in [2.05, 4.69) is 37.3 Å². The van der Waals surface area contributed by atoms with Crippen LogP contribution in [-0.2, 0) is 6.54 Å². The molecule has 0 N–H and O–H groups in total. The summed E-state index contributed by atoms with van der Waals surface area (Å²) in [4.78, 5) is 13.1. The molecule has 2 nitrogen and oxygen atoms in total. The van der Waals surface area contributed by atoms with Gasteiger partial charge in [-0.2, -0.15) is 0 Å². The van der Waals surface area contributed by atoms with Crippen molar-refractivity contribution in [2.45, 2.75) is 26.3 Å². The Morgan fingerprint density at radius 3 is 2.26 bits per heavy atom. The van der Waals surface area contributed by atoms with Gasteiger partial charge in [-0.05, 0) is 23.3 Å². The Bertz CT molecular complexity index is 1080. The van der Waals surface area contributed by atoms with Crippen LogP contribution < -0.4 is 5.56 Å². The lowest BCUT2D eigenvalue weighted by Gasteiger charge is -2.15. The van der Waals surface area contributed by atoms with Gasteiger partial charge >= 0.3 is 0 Å². The lowest BCUT2D eigenvalue weighted by Crippen LogP contribution is -2.21. The van der Waals surface area contributed by atoms with Crippen LogP contribution in [0.4, 0.5) is 0 Å². The molecule has 4 aromatic rings. The maximum absolute atomic E-state index is 13.1. The van der Waals surface area contributed by atoms with Crippen molar-refractivity contribution < 1.29 is 0 Å². The number of hydrogen-bond donors (Lipinski definition) is 0. The van der Waals surface area contributed by atoms with Crippen LogP contribution in [0.15, 0.2) is 65.5 Å². The van der Waals surface area contributed by atoms with Gasteiger partial charge in [0.25, 0.3) is 5.56 Å². The quantitative estimate of drug-likeness (QED) is 0.482. The number of benzene rings is 3. The fourth-order valence-corrected chi connectivity index (χ4v) is 3.44. The zero-order valence-electron chi connectivity index (χ0n) is 13.3. The minimum atomic E-state index is 0.123. The molecule has 0 bridgehead atoms. The van der Waals surface area contributed by atoms with Crippen LogP contribution in [-0.4, -0.2) is 4.57 Å². The van der Waals surface area contributed by atoms with Crippen LogP contribution in [0.3, 0.4) is 0 Å². The molecule has 0 saturated carbocycles. The van der Waals surface area contributed by atoms with Crippen molar-refractivity contribution >= 4 is 32.4 Å². The van der Waals surface area contributed by atoms with Gasteiger partial charge in [0.15, 0.2) is 0 Å². The Kier molecular flexibility index (Phi) is 3.38. The number of rotatable bonds is 3. The SMILES string of the molecule is CCCCn1c(=O)c2ccccc2c2ccc3ccccc3c21. The Balaban J connectivity index is 2.26. The van der Waals surface area contributed by atoms with Gasteiger partial charge < -0.3 is 4.57 Å². The molecule has 2 heteroatoms. The van der Waals surface area contributed by atoms with Gasteiger partial charge in [-0.15, -0.1) is 0 Å². The van der Waals surface area contributed by atoms with Gasteiger partial charge in [-0.25, -0.2) is 0 Å².